The van der Waals surface area contributed by atoms with Crippen molar-refractivity contribution in [3.63, 3.8) is 0 Å². The number of rotatable bonds is 5. The van der Waals surface area contributed by atoms with Crippen molar-refractivity contribution < 1.29 is 10.0 Å². The molecule has 0 bridgehead atoms. The molecular weight excluding hydrogens is 264 g/mol. The molecule has 100 valence electrons. The topological polar surface area (TPSA) is 75.4 Å². The van der Waals surface area contributed by atoms with Crippen molar-refractivity contribution in [2.24, 2.45) is 0 Å². The Bertz CT molecular complexity index is 583. The van der Waals surface area contributed by atoms with Gasteiger partial charge in [-0.05, 0) is 30.7 Å². The first-order valence-electron chi connectivity index (χ1n) is 5.81. The van der Waals surface area contributed by atoms with Crippen molar-refractivity contribution in [3.8, 4) is 5.75 Å². The summed E-state index contributed by atoms with van der Waals surface area (Å²) in [5.41, 5.74) is 0.978. The van der Waals surface area contributed by atoms with Crippen molar-refractivity contribution in [2.75, 3.05) is 0 Å². The van der Waals surface area contributed by atoms with E-state index in [1.165, 1.54) is 17.4 Å². The molecule has 0 fully saturated rings. The van der Waals surface area contributed by atoms with Gasteiger partial charge < -0.3 is 10.4 Å². The molecule has 1 unspecified atom stereocenters. The number of nitro groups is 1. The van der Waals surface area contributed by atoms with Crippen molar-refractivity contribution in [2.45, 2.75) is 19.5 Å². The van der Waals surface area contributed by atoms with Crippen LogP contribution in [0.1, 0.15) is 23.4 Å². The normalized spacial score (nSPS) is 12.3. The molecule has 0 aliphatic carbocycles. The van der Waals surface area contributed by atoms with Gasteiger partial charge in [0.15, 0.2) is 0 Å². The fourth-order valence-corrected chi connectivity index (χ4v) is 2.50. The minimum atomic E-state index is -0.382. The van der Waals surface area contributed by atoms with Crippen LogP contribution in [0.2, 0.25) is 0 Å². The lowest BCUT2D eigenvalue weighted by Gasteiger charge is -2.13. The molecule has 0 aliphatic rings. The minimum absolute atomic E-state index is 0.0632. The Morgan fingerprint density at radius 1 is 1.42 bits per heavy atom. The lowest BCUT2D eigenvalue weighted by molar-refractivity contribution is -0.380. The van der Waals surface area contributed by atoms with Gasteiger partial charge in [0.25, 0.3) is 0 Å². The maximum Gasteiger partial charge on any atom is 0.324 e. The van der Waals surface area contributed by atoms with E-state index in [0.717, 1.165) is 10.4 Å². The van der Waals surface area contributed by atoms with E-state index in [0.29, 0.717) is 6.54 Å². The number of phenols is 1. The number of nitrogens with one attached hydrogen (secondary N) is 1. The van der Waals surface area contributed by atoms with Gasteiger partial charge in [0.1, 0.15) is 5.75 Å². The largest absolute Gasteiger partial charge is 0.508 e. The smallest absolute Gasteiger partial charge is 0.324 e. The number of nitrogens with zero attached hydrogens (tertiary/aromatic N) is 1. The molecule has 0 saturated carbocycles. The molecule has 1 atom stereocenters. The highest BCUT2D eigenvalue weighted by Crippen LogP contribution is 2.25. The zero-order chi connectivity index (χ0) is 13.8. The summed E-state index contributed by atoms with van der Waals surface area (Å²) in [5, 5.41) is 23.4. The van der Waals surface area contributed by atoms with Crippen LogP contribution in [0, 0.1) is 10.1 Å². The highest BCUT2D eigenvalue weighted by molar-refractivity contribution is 7.15. The van der Waals surface area contributed by atoms with Crippen LogP contribution in [-0.2, 0) is 6.54 Å². The first kappa shape index (κ1) is 13.5. The van der Waals surface area contributed by atoms with E-state index in [1.54, 1.807) is 24.3 Å². The van der Waals surface area contributed by atoms with Crippen LogP contribution in [-0.4, -0.2) is 10.0 Å². The summed E-state index contributed by atoms with van der Waals surface area (Å²) in [6, 6.07) is 10.4. The highest BCUT2D eigenvalue weighted by Gasteiger charge is 2.11. The van der Waals surface area contributed by atoms with Gasteiger partial charge in [-0.3, -0.25) is 10.1 Å². The molecule has 0 radical (unpaired) electrons. The Morgan fingerprint density at radius 3 is 2.84 bits per heavy atom. The van der Waals surface area contributed by atoms with Crippen LogP contribution in [0.25, 0.3) is 0 Å². The Morgan fingerprint density at radius 2 is 2.21 bits per heavy atom. The number of aromatic hydroxyl groups is 1. The van der Waals surface area contributed by atoms with Gasteiger partial charge in [-0.1, -0.05) is 23.5 Å². The lowest BCUT2D eigenvalue weighted by atomic mass is 10.1. The third kappa shape index (κ3) is 3.52. The number of benzene rings is 1. The molecule has 5 nitrogen and oxygen atoms in total. The molecule has 19 heavy (non-hydrogen) atoms. The highest BCUT2D eigenvalue weighted by atomic mass is 32.1. The quantitative estimate of drug-likeness (QED) is 0.650. The first-order chi connectivity index (χ1) is 9.06. The number of thiophene rings is 1. The van der Waals surface area contributed by atoms with Gasteiger partial charge in [-0.25, -0.2) is 0 Å². The van der Waals surface area contributed by atoms with Crippen LogP contribution in [0.15, 0.2) is 36.4 Å². The van der Waals surface area contributed by atoms with Gasteiger partial charge in [0.05, 0.1) is 4.92 Å². The summed E-state index contributed by atoms with van der Waals surface area (Å²) >= 11 is 1.17. The van der Waals surface area contributed by atoms with E-state index in [2.05, 4.69) is 5.32 Å². The SMILES string of the molecule is CC(NCc1ccc([N+](=O)[O-])s1)c1cccc(O)c1. The van der Waals surface area contributed by atoms with Gasteiger partial charge >= 0.3 is 5.00 Å². The van der Waals surface area contributed by atoms with Crippen molar-refractivity contribution in [3.05, 3.63) is 57.0 Å². The average molecular weight is 278 g/mol. The molecule has 2 rings (SSSR count). The average Bonchev–Trinajstić information content (AvgIpc) is 2.85. The molecule has 2 aromatic rings. The fraction of sp³-hybridized carbons (Fsp3) is 0.231. The van der Waals surface area contributed by atoms with Crippen molar-refractivity contribution in [1.29, 1.82) is 0 Å². The number of hydrogen-bond acceptors (Lipinski definition) is 5. The molecule has 6 heteroatoms. The Hall–Kier alpha value is -1.92. The van der Waals surface area contributed by atoms with E-state index < -0.39 is 0 Å². The number of hydrogen-bond donors (Lipinski definition) is 2. The molecule has 0 aliphatic heterocycles. The summed E-state index contributed by atoms with van der Waals surface area (Å²) in [6.07, 6.45) is 0. The van der Waals surface area contributed by atoms with Crippen molar-refractivity contribution in [1.82, 2.24) is 5.32 Å². The molecule has 0 saturated heterocycles. The zero-order valence-corrected chi connectivity index (χ0v) is 11.2. The maximum absolute atomic E-state index is 10.6. The third-order valence-electron chi connectivity index (χ3n) is 2.78. The first-order valence-corrected chi connectivity index (χ1v) is 6.63. The summed E-state index contributed by atoms with van der Waals surface area (Å²) in [6.45, 7) is 2.55. The Balaban J connectivity index is 1.96. The monoisotopic (exact) mass is 278 g/mol. The molecule has 1 heterocycles. The summed E-state index contributed by atoms with van der Waals surface area (Å²) in [5.74, 6) is 0.234. The van der Waals surface area contributed by atoms with Crippen LogP contribution < -0.4 is 5.32 Å². The predicted molar refractivity (Wildman–Crippen MR) is 74.3 cm³/mol. The summed E-state index contributed by atoms with van der Waals surface area (Å²) in [4.78, 5) is 11.1. The van der Waals surface area contributed by atoms with Gasteiger partial charge in [-0.15, -0.1) is 0 Å². The summed E-state index contributed by atoms with van der Waals surface area (Å²) < 4.78 is 0. The second-order valence-corrected chi connectivity index (χ2v) is 5.34. The lowest BCUT2D eigenvalue weighted by Crippen LogP contribution is -2.17. The molecule has 0 spiro atoms. The Labute approximate surface area is 114 Å². The number of phenolic OH excluding ortho intramolecular Hbond substituents is 1. The fourth-order valence-electron chi connectivity index (χ4n) is 1.73. The standard InChI is InChI=1S/C13H14N2O3S/c1-9(10-3-2-4-11(16)7-10)14-8-12-5-6-13(19-12)15(17)18/h2-7,9,14,16H,8H2,1H3. The van der Waals surface area contributed by atoms with E-state index >= 15 is 0 Å². The molecule has 0 amide bonds. The van der Waals surface area contributed by atoms with Gasteiger partial charge in [-0.2, -0.15) is 0 Å². The zero-order valence-electron chi connectivity index (χ0n) is 10.4. The predicted octanol–water partition coefficient (Wildman–Crippen LogP) is 3.21. The van der Waals surface area contributed by atoms with E-state index in [4.69, 9.17) is 0 Å². The van der Waals surface area contributed by atoms with Crippen LogP contribution in [0.5, 0.6) is 5.75 Å². The van der Waals surface area contributed by atoms with Crippen molar-refractivity contribution >= 4 is 16.3 Å². The van der Waals surface area contributed by atoms with E-state index in [-0.39, 0.29) is 21.7 Å². The van der Waals surface area contributed by atoms with Crippen LogP contribution in [0.4, 0.5) is 5.00 Å². The van der Waals surface area contributed by atoms with E-state index in [9.17, 15) is 15.2 Å². The third-order valence-corrected chi connectivity index (χ3v) is 3.82. The molecule has 2 N–H and O–H groups in total. The second kappa shape index (κ2) is 5.81. The second-order valence-electron chi connectivity index (χ2n) is 4.19. The van der Waals surface area contributed by atoms with Crippen LogP contribution in [0.3, 0.4) is 0 Å². The van der Waals surface area contributed by atoms with E-state index in [1.807, 2.05) is 13.0 Å². The maximum atomic E-state index is 10.6. The molecular formula is C13H14N2O3S. The van der Waals surface area contributed by atoms with Crippen LogP contribution >= 0.6 is 11.3 Å². The summed E-state index contributed by atoms with van der Waals surface area (Å²) in [7, 11) is 0. The minimum Gasteiger partial charge on any atom is -0.508 e. The van der Waals surface area contributed by atoms with Gasteiger partial charge in [0, 0.05) is 23.5 Å². The molecule has 1 aromatic carbocycles. The Kier molecular flexibility index (Phi) is 4.13. The van der Waals surface area contributed by atoms with Gasteiger partial charge in [0.2, 0.25) is 0 Å². The molecule has 1 aromatic heterocycles.